The molecule has 0 bridgehead atoms. The van der Waals surface area contributed by atoms with Gasteiger partial charge in [-0.3, -0.25) is 9.69 Å². The van der Waals surface area contributed by atoms with E-state index in [-0.39, 0.29) is 35.7 Å². The van der Waals surface area contributed by atoms with E-state index in [1.54, 1.807) is 12.1 Å². The third-order valence-corrected chi connectivity index (χ3v) is 7.96. The fourth-order valence-corrected chi connectivity index (χ4v) is 5.81. The lowest BCUT2D eigenvalue weighted by atomic mass is 10.00. The van der Waals surface area contributed by atoms with Crippen LogP contribution in [0.15, 0.2) is 59.5 Å². The molecule has 0 fully saturated rings. The maximum atomic E-state index is 12.6. The van der Waals surface area contributed by atoms with Gasteiger partial charge in [-0.25, -0.2) is 13.6 Å². The van der Waals surface area contributed by atoms with Gasteiger partial charge in [0.15, 0.2) is 0 Å². The van der Waals surface area contributed by atoms with Gasteiger partial charge in [-0.2, -0.15) is 5.26 Å². The molecule has 10 heteroatoms. The van der Waals surface area contributed by atoms with Crippen LogP contribution in [-0.4, -0.2) is 25.8 Å². The number of carbonyl (C=O) groups is 1. The van der Waals surface area contributed by atoms with Crippen LogP contribution < -0.4 is 10.5 Å². The summed E-state index contributed by atoms with van der Waals surface area (Å²) in [6.07, 6.45) is 0.826. The van der Waals surface area contributed by atoms with E-state index < -0.39 is 10.0 Å². The lowest BCUT2D eigenvalue weighted by Gasteiger charge is -2.32. The molecule has 2 heterocycles. The summed E-state index contributed by atoms with van der Waals surface area (Å²) in [5, 5.41) is 18.3. The molecule has 34 heavy (non-hydrogen) atoms. The summed E-state index contributed by atoms with van der Waals surface area (Å²) in [7, 11) is -3.78. The molecule has 0 saturated carbocycles. The SMILES string of the molecule is CC(c1ccccc1)N1CCc2c(sc(NC(=O)Cc3ccc(S(N)(=O)=O)cc3)c2C#N)C1.Cl. The summed E-state index contributed by atoms with van der Waals surface area (Å²) in [6.45, 7) is 3.76. The summed E-state index contributed by atoms with van der Waals surface area (Å²) >= 11 is 1.46. The Morgan fingerprint density at radius 2 is 1.88 bits per heavy atom. The van der Waals surface area contributed by atoms with Crippen molar-refractivity contribution in [3.8, 4) is 6.07 Å². The van der Waals surface area contributed by atoms with Crippen molar-refractivity contribution in [3.05, 3.63) is 81.7 Å². The third-order valence-electron chi connectivity index (χ3n) is 5.90. The highest BCUT2D eigenvalue weighted by molar-refractivity contribution is 7.89. The smallest absolute Gasteiger partial charge is 0.238 e. The molecule has 1 amide bonds. The van der Waals surface area contributed by atoms with Crippen LogP contribution in [0.5, 0.6) is 0 Å². The number of hydrogen-bond acceptors (Lipinski definition) is 6. The minimum Gasteiger partial charge on any atom is -0.316 e. The number of nitrogens with two attached hydrogens (primary N) is 1. The van der Waals surface area contributed by atoms with Crippen molar-refractivity contribution in [2.75, 3.05) is 11.9 Å². The molecule has 0 spiro atoms. The molecule has 0 saturated heterocycles. The monoisotopic (exact) mass is 516 g/mol. The van der Waals surface area contributed by atoms with Gasteiger partial charge in [0.25, 0.3) is 0 Å². The maximum Gasteiger partial charge on any atom is 0.238 e. The standard InChI is InChI=1S/C24H24N4O3S2.ClH/c1-16(18-5-3-2-4-6-18)28-12-11-20-21(14-25)24(32-22(20)15-28)27-23(29)13-17-7-9-19(10-8-17)33(26,30)31;/h2-10,16H,11-13,15H2,1H3,(H,27,29)(H2,26,30,31);1H. The number of thiophene rings is 1. The number of carbonyl (C=O) groups excluding carboxylic acids is 1. The molecule has 3 aromatic rings. The Hall–Kier alpha value is -2.74. The molecule has 178 valence electrons. The predicted molar refractivity (Wildman–Crippen MR) is 135 cm³/mol. The fraction of sp³-hybridized carbons (Fsp3) is 0.250. The number of amides is 1. The predicted octanol–water partition coefficient (Wildman–Crippen LogP) is 3.99. The number of hydrogen-bond donors (Lipinski definition) is 2. The summed E-state index contributed by atoms with van der Waals surface area (Å²) in [4.78, 5) is 16.1. The van der Waals surface area contributed by atoms with E-state index in [1.807, 2.05) is 18.2 Å². The van der Waals surface area contributed by atoms with Crippen molar-refractivity contribution in [2.45, 2.75) is 37.2 Å². The molecule has 1 unspecified atom stereocenters. The van der Waals surface area contributed by atoms with Crippen molar-refractivity contribution >= 4 is 44.7 Å². The zero-order valence-corrected chi connectivity index (χ0v) is 21.0. The highest BCUT2D eigenvalue weighted by atomic mass is 35.5. The van der Waals surface area contributed by atoms with Gasteiger partial charge in [0.2, 0.25) is 15.9 Å². The van der Waals surface area contributed by atoms with Crippen LogP contribution in [0.3, 0.4) is 0 Å². The lowest BCUT2D eigenvalue weighted by molar-refractivity contribution is -0.115. The zero-order valence-electron chi connectivity index (χ0n) is 18.5. The normalized spacial score (nSPS) is 14.4. The largest absolute Gasteiger partial charge is 0.316 e. The Balaban J connectivity index is 0.00000324. The number of nitriles is 1. The van der Waals surface area contributed by atoms with Crippen LogP contribution >= 0.6 is 23.7 Å². The Kier molecular flexibility index (Phi) is 8.13. The summed E-state index contributed by atoms with van der Waals surface area (Å²) in [5.74, 6) is -0.261. The van der Waals surface area contributed by atoms with Gasteiger partial charge in [0, 0.05) is 24.0 Å². The number of halogens is 1. The van der Waals surface area contributed by atoms with E-state index in [1.165, 1.54) is 29.0 Å². The molecule has 1 aliphatic heterocycles. The number of fused-ring (bicyclic) bond motifs is 1. The van der Waals surface area contributed by atoms with E-state index >= 15 is 0 Å². The van der Waals surface area contributed by atoms with Gasteiger partial charge in [-0.05, 0) is 42.2 Å². The number of rotatable bonds is 6. The topological polar surface area (TPSA) is 116 Å². The molecule has 1 aromatic heterocycles. The first-order valence-corrected chi connectivity index (χ1v) is 12.9. The molecule has 1 aliphatic rings. The summed E-state index contributed by atoms with van der Waals surface area (Å²) in [5.41, 5.74) is 3.47. The second kappa shape index (κ2) is 10.7. The van der Waals surface area contributed by atoms with Gasteiger partial charge in [-0.1, -0.05) is 42.5 Å². The van der Waals surface area contributed by atoms with Crippen molar-refractivity contribution in [3.63, 3.8) is 0 Å². The van der Waals surface area contributed by atoms with Crippen LogP contribution in [0.1, 0.15) is 40.1 Å². The zero-order chi connectivity index (χ0) is 23.6. The van der Waals surface area contributed by atoms with Crippen molar-refractivity contribution in [1.82, 2.24) is 4.90 Å². The maximum absolute atomic E-state index is 12.6. The number of nitrogens with zero attached hydrogens (tertiary/aromatic N) is 2. The van der Waals surface area contributed by atoms with Crippen LogP contribution in [0, 0.1) is 11.3 Å². The average Bonchev–Trinajstić information content (AvgIpc) is 3.14. The van der Waals surface area contributed by atoms with Gasteiger partial charge < -0.3 is 5.32 Å². The second-order valence-electron chi connectivity index (χ2n) is 8.04. The van der Waals surface area contributed by atoms with Crippen LogP contribution in [0.25, 0.3) is 0 Å². The van der Waals surface area contributed by atoms with E-state index in [9.17, 15) is 18.5 Å². The van der Waals surface area contributed by atoms with E-state index in [2.05, 4.69) is 35.3 Å². The molecule has 1 atom stereocenters. The number of anilines is 1. The lowest BCUT2D eigenvalue weighted by Crippen LogP contribution is -2.32. The summed E-state index contributed by atoms with van der Waals surface area (Å²) in [6, 6.07) is 18.7. The van der Waals surface area contributed by atoms with Crippen LogP contribution in [0.2, 0.25) is 0 Å². The first-order valence-electron chi connectivity index (χ1n) is 10.5. The summed E-state index contributed by atoms with van der Waals surface area (Å²) < 4.78 is 22.8. The van der Waals surface area contributed by atoms with Gasteiger partial charge in [-0.15, -0.1) is 23.7 Å². The minimum absolute atomic E-state index is 0. The minimum atomic E-state index is -3.78. The van der Waals surface area contributed by atoms with Crippen molar-refractivity contribution in [2.24, 2.45) is 5.14 Å². The Bertz CT molecular complexity index is 1320. The Morgan fingerprint density at radius 3 is 2.50 bits per heavy atom. The fourth-order valence-electron chi connectivity index (χ4n) is 4.06. The number of benzene rings is 2. The van der Waals surface area contributed by atoms with Crippen LogP contribution in [0.4, 0.5) is 5.00 Å². The average molecular weight is 517 g/mol. The van der Waals surface area contributed by atoms with Crippen molar-refractivity contribution in [1.29, 1.82) is 5.26 Å². The van der Waals surface area contributed by atoms with Gasteiger partial charge >= 0.3 is 0 Å². The molecule has 0 aliphatic carbocycles. The molecule has 2 aromatic carbocycles. The molecular weight excluding hydrogens is 492 g/mol. The van der Waals surface area contributed by atoms with Crippen molar-refractivity contribution < 1.29 is 13.2 Å². The van der Waals surface area contributed by atoms with Crippen LogP contribution in [-0.2, 0) is 34.2 Å². The molecule has 4 rings (SSSR count). The number of primary sulfonamides is 1. The van der Waals surface area contributed by atoms with E-state index in [0.717, 1.165) is 30.0 Å². The third kappa shape index (κ3) is 5.66. The quantitative estimate of drug-likeness (QED) is 0.514. The van der Waals surface area contributed by atoms with E-state index in [4.69, 9.17) is 5.14 Å². The highest BCUT2D eigenvalue weighted by Gasteiger charge is 2.28. The highest BCUT2D eigenvalue weighted by Crippen LogP contribution is 2.38. The molecule has 0 radical (unpaired) electrons. The number of sulfonamides is 1. The number of nitrogens with one attached hydrogen (secondary N) is 1. The molecule has 7 nitrogen and oxygen atoms in total. The molecular formula is C24H25ClN4O3S2. The van der Waals surface area contributed by atoms with Gasteiger partial charge in [0.1, 0.15) is 11.1 Å². The first kappa shape index (κ1) is 25.9. The Labute approximate surface area is 209 Å². The van der Waals surface area contributed by atoms with Gasteiger partial charge in [0.05, 0.1) is 16.9 Å². The van der Waals surface area contributed by atoms with E-state index in [0.29, 0.717) is 16.1 Å². The second-order valence-corrected chi connectivity index (χ2v) is 10.7. The Morgan fingerprint density at radius 1 is 1.21 bits per heavy atom. The molecule has 3 N–H and O–H groups in total. The first-order chi connectivity index (χ1) is 15.8.